The van der Waals surface area contributed by atoms with E-state index in [1.54, 1.807) is 26.0 Å². The lowest BCUT2D eigenvalue weighted by Crippen LogP contribution is -2.29. The molecule has 1 aliphatic heterocycles. The lowest BCUT2D eigenvalue weighted by Gasteiger charge is -2.29. The number of aromatic carboxylic acids is 1. The van der Waals surface area contributed by atoms with E-state index in [9.17, 15) is 27.9 Å². The van der Waals surface area contributed by atoms with Gasteiger partial charge in [-0.2, -0.15) is 13.2 Å². The average molecular weight is 404 g/mol. The number of amides is 1. The van der Waals surface area contributed by atoms with Crippen molar-refractivity contribution >= 4 is 29.2 Å². The van der Waals surface area contributed by atoms with Gasteiger partial charge < -0.3 is 20.4 Å². The molecule has 0 spiro atoms. The number of carboxylic acid groups (broad SMARTS) is 2. The van der Waals surface area contributed by atoms with Crippen molar-refractivity contribution in [2.45, 2.75) is 39.3 Å². The Morgan fingerprint density at radius 3 is 2.04 bits per heavy atom. The molecule has 1 fully saturated rings. The number of carbonyl (C=O) groups is 3. The van der Waals surface area contributed by atoms with E-state index >= 15 is 0 Å². The van der Waals surface area contributed by atoms with Crippen LogP contribution in [0.2, 0.25) is 0 Å². The molecule has 1 aromatic carbocycles. The lowest BCUT2D eigenvalue weighted by atomic mass is 10.1. The third kappa shape index (κ3) is 7.09. The highest BCUT2D eigenvalue weighted by Gasteiger charge is 2.38. The zero-order chi connectivity index (χ0) is 21.5. The summed E-state index contributed by atoms with van der Waals surface area (Å²) in [6, 6.07) is 5.23. The molecule has 1 aliphatic rings. The van der Waals surface area contributed by atoms with Crippen molar-refractivity contribution in [2.24, 2.45) is 5.92 Å². The number of nitrogens with one attached hydrogen (secondary N) is 1. The number of anilines is 2. The quantitative estimate of drug-likeness (QED) is 0.708. The molecule has 0 atom stereocenters. The van der Waals surface area contributed by atoms with Gasteiger partial charge in [-0.25, -0.2) is 9.59 Å². The van der Waals surface area contributed by atoms with Crippen LogP contribution in [-0.2, 0) is 9.59 Å². The summed E-state index contributed by atoms with van der Waals surface area (Å²) in [6.07, 6.45) is -1.59. The molecule has 0 unspecified atom stereocenters. The lowest BCUT2D eigenvalue weighted by molar-refractivity contribution is -0.192. The summed E-state index contributed by atoms with van der Waals surface area (Å²) in [5.41, 5.74) is 1.42. The second-order valence-corrected chi connectivity index (χ2v) is 6.53. The number of benzene rings is 1. The Kier molecular flexibility index (Phi) is 8.27. The van der Waals surface area contributed by atoms with Crippen LogP contribution in [0.15, 0.2) is 18.2 Å². The number of hydrogen-bond acceptors (Lipinski definition) is 4. The first-order chi connectivity index (χ1) is 12.9. The summed E-state index contributed by atoms with van der Waals surface area (Å²) in [4.78, 5) is 34.3. The molecule has 10 heteroatoms. The normalized spacial score (nSPS) is 14.1. The van der Waals surface area contributed by atoms with E-state index in [4.69, 9.17) is 9.90 Å². The van der Waals surface area contributed by atoms with Gasteiger partial charge in [0.15, 0.2) is 0 Å². The first kappa shape index (κ1) is 23.3. The SMILES string of the molecule is CC(C)C(=O)Nc1ccc(N2CCCCC2)cc1C(=O)O.O=C(O)C(F)(F)F. The van der Waals surface area contributed by atoms with Gasteiger partial charge in [-0.3, -0.25) is 4.79 Å². The molecule has 0 radical (unpaired) electrons. The van der Waals surface area contributed by atoms with Gasteiger partial charge in [0.1, 0.15) is 0 Å². The van der Waals surface area contributed by atoms with Gasteiger partial charge in [0.05, 0.1) is 11.3 Å². The molecular weight excluding hydrogens is 381 g/mol. The summed E-state index contributed by atoms with van der Waals surface area (Å²) in [7, 11) is 0. The van der Waals surface area contributed by atoms with E-state index in [-0.39, 0.29) is 17.4 Å². The maximum atomic E-state index is 11.8. The topological polar surface area (TPSA) is 107 Å². The van der Waals surface area contributed by atoms with Crippen LogP contribution >= 0.6 is 0 Å². The van der Waals surface area contributed by atoms with Crippen molar-refractivity contribution in [1.82, 2.24) is 0 Å². The molecule has 0 aromatic heterocycles. The molecule has 0 saturated carbocycles. The Balaban J connectivity index is 0.000000480. The summed E-state index contributed by atoms with van der Waals surface area (Å²) in [5.74, 6) is -4.14. The molecule has 156 valence electrons. The third-order valence-electron chi connectivity index (χ3n) is 3.98. The van der Waals surface area contributed by atoms with Crippen molar-refractivity contribution in [1.29, 1.82) is 0 Å². The van der Waals surface area contributed by atoms with Gasteiger partial charge in [-0.05, 0) is 37.5 Å². The van der Waals surface area contributed by atoms with Gasteiger partial charge in [0.2, 0.25) is 5.91 Å². The Morgan fingerprint density at radius 2 is 1.61 bits per heavy atom. The maximum Gasteiger partial charge on any atom is 0.490 e. The zero-order valence-corrected chi connectivity index (χ0v) is 15.5. The molecule has 0 bridgehead atoms. The van der Waals surface area contributed by atoms with Crippen molar-refractivity contribution in [3.63, 3.8) is 0 Å². The van der Waals surface area contributed by atoms with Gasteiger partial charge in [-0.1, -0.05) is 13.8 Å². The minimum Gasteiger partial charge on any atom is -0.478 e. The van der Waals surface area contributed by atoms with E-state index < -0.39 is 18.1 Å². The van der Waals surface area contributed by atoms with Crippen molar-refractivity contribution in [3.8, 4) is 0 Å². The van der Waals surface area contributed by atoms with Crippen LogP contribution in [0.3, 0.4) is 0 Å². The van der Waals surface area contributed by atoms with Crippen molar-refractivity contribution in [2.75, 3.05) is 23.3 Å². The van der Waals surface area contributed by atoms with Crippen LogP contribution in [0.25, 0.3) is 0 Å². The van der Waals surface area contributed by atoms with Gasteiger partial charge in [0.25, 0.3) is 0 Å². The molecule has 1 saturated heterocycles. The minimum absolute atomic E-state index is 0.145. The van der Waals surface area contributed by atoms with Gasteiger partial charge in [0, 0.05) is 24.7 Å². The number of halogens is 3. The fourth-order valence-corrected chi connectivity index (χ4v) is 2.44. The second-order valence-electron chi connectivity index (χ2n) is 6.53. The van der Waals surface area contributed by atoms with Crippen LogP contribution in [0.1, 0.15) is 43.5 Å². The monoisotopic (exact) mass is 404 g/mol. The summed E-state index contributed by atoms with van der Waals surface area (Å²) >= 11 is 0. The van der Waals surface area contributed by atoms with Crippen LogP contribution in [-0.4, -0.2) is 47.3 Å². The first-order valence-electron chi connectivity index (χ1n) is 8.66. The molecule has 1 heterocycles. The van der Waals surface area contributed by atoms with E-state index in [2.05, 4.69) is 10.2 Å². The molecule has 1 aromatic rings. The molecule has 7 nitrogen and oxygen atoms in total. The van der Waals surface area contributed by atoms with Crippen molar-refractivity contribution < 1.29 is 37.8 Å². The Morgan fingerprint density at radius 1 is 1.07 bits per heavy atom. The highest BCUT2D eigenvalue weighted by Crippen LogP contribution is 2.26. The molecular formula is C18H23F3N2O5. The fourth-order valence-electron chi connectivity index (χ4n) is 2.44. The number of rotatable bonds is 4. The van der Waals surface area contributed by atoms with Crippen molar-refractivity contribution in [3.05, 3.63) is 23.8 Å². The number of carboxylic acids is 2. The number of carbonyl (C=O) groups excluding carboxylic acids is 1. The van der Waals surface area contributed by atoms with Gasteiger partial charge >= 0.3 is 18.1 Å². The minimum atomic E-state index is -5.08. The Bertz CT molecular complexity index is 714. The number of nitrogens with zero attached hydrogens (tertiary/aromatic N) is 1. The number of piperidine rings is 1. The molecule has 2 rings (SSSR count). The van der Waals surface area contributed by atoms with Crippen LogP contribution in [0.5, 0.6) is 0 Å². The Labute approximate surface area is 160 Å². The predicted molar refractivity (Wildman–Crippen MR) is 96.6 cm³/mol. The number of hydrogen-bond donors (Lipinski definition) is 3. The van der Waals surface area contributed by atoms with E-state index in [0.717, 1.165) is 31.6 Å². The van der Waals surface area contributed by atoms with E-state index in [1.165, 1.54) is 6.42 Å². The summed E-state index contributed by atoms with van der Waals surface area (Å²) < 4.78 is 31.7. The number of alkyl halides is 3. The van der Waals surface area contributed by atoms with E-state index in [1.807, 2.05) is 6.07 Å². The second kappa shape index (κ2) is 9.95. The third-order valence-corrected chi connectivity index (χ3v) is 3.98. The van der Waals surface area contributed by atoms with E-state index in [0.29, 0.717) is 5.69 Å². The van der Waals surface area contributed by atoms with Crippen LogP contribution < -0.4 is 10.2 Å². The van der Waals surface area contributed by atoms with Crippen LogP contribution in [0.4, 0.5) is 24.5 Å². The predicted octanol–water partition coefficient (Wildman–Crippen LogP) is 3.60. The maximum absolute atomic E-state index is 11.8. The van der Waals surface area contributed by atoms with Gasteiger partial charge in [-0.15, -0.1) is 0 Å². The highest BCUT2D eigenvalue weighted by molar-refractivity contribution is 6.01. The average Bonchev–Trinajstić information content (AvgIpc) is 2.62. The first-order valence-corrected chi connectivity index (χ1v) is 8.66. The molecule has 1 amide bonds. The van der Waals surface area contributed by atoms with Crippen LogP contribution in [0, 0.1) is 5.92 Å². The summed E-state index contributed by atoms with van der Waals surface area (Å²) in [5, 5.41) is 19.2. The molecule has 28 heavy (non-hydrogen) atoms. The largest absolute Gasteiger partial charge is 0.490 e. The number of aliphatic carboxylic acids is 1. The fraction of sp³-hybridized carbons (Fsp3) is 0.500. The standard InChI is InChI=1S/C16H22N2O3.C2HF3O2/c1-11(2)15(19)17-14-7-6-12(10-13(14)16(20)21)18-8-4-3-5-9-18;3-2(4,5)1(6)7/h6-7,10-11H,3-5,8-9H2,1-2H3,(H,17,19)(H,20,21);(H,6,7). The zero-order valence-electron chi connectivity index (χ0n) is 15.5. The Hall–Kier alpha value is -2.78. The smallest absolute Gasteiger partial charge is 0.478 e. The summed E-state index contributed by atoms with van der Waals surface area (Å²) in [6.45, 7) is 5.46. The molecule has 0 aliphatic carbocycles. The highest BCUT2D eigenvalue weighted by atomic mass is 19.4. The molecule has 3 N–H and O–H groups in total.